The van der Waals surface area contributed by atoms with E-state index in [0.717, 1.165) is 45.2 Å². The molecule has 0 bridgehead atoms. The van der Waals surface area contributed by atoms with E-state index in [4.69, 9.17) is 4.74 Å². The number of hydrogen-bond acceptors (Lipinski definition) is 4. The summed E-state index contributed by atoms with van der Waals surface area (Å²) >= 11 is 0. The summed E-state index contributed by atoms with van der Waals surface area (Å²) in [5.41, 5.74) is 0.162. The highest BCUT2D eigenvalue weighted by Gasteiger charge is 2.27. The Labute approximate surface area is 149 Å². The Kier molecular flexibility index (Phi) is 10.3. The third-order valence-electron chi connectivity index (χ3n) is 4.80. The number of likely N-dealkylation sites (tertiary alicyclic amines) is 1. The molecule has 142 valence electrons. The van der Waals surface area contributed by atoms with Gasteiger partial charge < -0.3 is 20.3 Å². The Morgan fingerprint density at radius 3 is 2.50 bits per heavy atom. The molecule has 1 aliphatic heterocycles. The molecule has 0 aromatic heterocycles. The largest absolute Gasteiger partial charge is 0.385 e. The number of hydrogen-bond donors (Lipinski definition) is 2. The van der Waals surface area contributed by atoms with Crippen molar-refractivity contribution in [3.8, 4) is 0 Å². The van der Waals surface area contributed by atoms with Gasteiger partial charge >= 0.3 is 0 Å². The van der Waals surface area contributed by atoms with E-state index in [1.54, 1.807) is 7.11 Å². The predicted molar refractivity (Wildman–Crippen MR) is 103 cm³/mol. The number of likely N-dealkylation sites (N-methyl/N-ethyl adjacent to an activating group) is 1. The van der Waals surface area contributed by atoms with E-state index in [0.29, 0.717) is 0 Å². The number of piperidine rings is 1. The molecule has 0 aromatic rings. The summed E-state index contributed by atoms with van der Waals surface area (Å²) in [4.78, 5) is 9.26. The number of rotatable bonds is 10. The maximum absolute atomic E-state index is 5.09. The topological polar surface area (TPSA) is 52.1 Å². The first kappa shape index (κ1) is 21.2. The van der Waals surface area contributed by atoms with Gasteiger partial charge in [0, 0.05) is 52.5 Å². The average Bonchev–Trinajstić information content (AvgIpc) is 2.59. The lowest BCUT2D eigenvalue weighted by molar-refractivity contribution is 0.0982. The Morgan fingerprint density at radius 1 is 1.17 bits per heavy atom. The Bertz CT molecular complexity index is 353. The van der Waals surface area contributed by atoms with Gasteiger partial charge in [-0.05, 0) is 53.2 Å². The zero-order valence-corrected chi connectivity index (χ0v) is 16.5. The van der Waals surface area contributed by atoms with E-state index < -0.39 is 0 Å². The zero-order valence-electron chi connectivity index (χ0n) is 16.5. The van der Waals surface area contributed by atoms with Crippen LogP contribution in [0.4, 0.5) is 0 Å². The summed E-state index contributed by atoms with van der Waals surface area (Å²) in [5.74, 6) is 0.894. The lowest BCUT2D eigenvalue weighted by Crippen LogP contribution is -2.55. The van der Waals surface area contributed by atoms with Gasteiger partial charge in [0.2, 0.25) is 0 Å². The van der Waals surface area contributed by atoms with Crippen LogP contribution in [0.2, 0.25) is 0 Å². The summed E-state index contributed by atoms with van der Waals surface area (Å²) in [7, 11) is 5.74. The highest BCUT2D eigenvalue weighted by Crippen LogP contribution is 2.19. The van der Waals surface area contributed by atoms with Crippen LogP contribution in [-0.2, 0) is 4.74 Å². The van der Waals surface area contributed by atoms with Crippen LogP contribution in [0.15, 0.2) is 4.99 Å². The van der Waals surface area contributed by atoms with Crippen molar-refractivity contribution < 1.29 is 4.74 Å². The van der Waals surface area contributed by atoms with Gasteiger partial charge in [-0.1, -0.05) is 6.42 Å². The van der Waals surface area contributed by atoms with Crippen molar-refractivity contribution in [2.45, 2.75) is 45.1 Å². The minimum atomic E-state index is 0.162. The lowest BCUT2D eigenvalue weighted by atomic mass is 9.98. The fourth-order valence-electron chi connectivity index (χ4n) is 3.09. The molecule has 1 rings (SSSR count). The summed E-state index contributed by atoms with van der Waals surface area (Å²) in [5, 5.41) is 6.91. The number of guanidine groups is 1. The van der Waals surface area contributed by atoms with Crippen LogP contribution >= 0.6 is 0 Å². The molecule has 6 nitrogen and oxygen atoms in total. The zero-order chi connectivity index (χ0) is 17.8. The molecule has 0 aromatic carbocycles. The molecule has 1 aliphatic rings. The SMILES string of the molecule is CN=C(NCCN(C)CCCOC)NCC(C)(C)N1CCCCC1. The highest BCUT2D eigenvalue weighted by atomic mass is 16.5. The molecule has 0 saturated carbocycles. The fraction of sp³-hybridized carbons (Fsp3) is 0.944. The smallest absolute Gasteiger partial charge is 0.191 e. The first-order valence-corrected chi connectivity index (χ1v) is 9.36. The second kappa shape index (κ2) is 11.7. The van der Waals surface area contributed by atoms with Crippen molar-refractivity contribution in [2.75, 3.05) is 67.1 Å². The molecule has 0 atom stereocenters. The molecule has 24 heavy (non-hydrogen) atoms. The maximum Gasteiger partial charge on any atom is 0.191 e. The molecule has 1 saturated heterocycles. The number of methoxy groups -OCH3 is 1. The quantitative estimate of drug-likeness (QED) is 0.357. The molecular weight excluding hydrogens is 302 g/mol. The highest BCUT2D eigenvalue weighted by molar-refractivity contribution is 5.79. The number of ether oxygens (including phenoxy) is 1. The van der Waals surface area contributed by atoms with Gasteiger partial charge in [0.05, 0.1) is 0 Å². The average molecular weight is 342 g/mol. The van der Waals surface area contributed by atoms with Crippen LogP contribution in [0.5, 0.6) is 0 Å². The Morgan fingerprint density at radius 2 is 1.88 bits per heavy atom. The standard InChI is InChI=1S/C18H39N5O/c1-18(2,23-12-7-6-8-13-23)16-21-17(19-3)20-10-14-22(4)11-9-15-24-5/h6-16H2,1-5H3,(H2,19,20,21). The van der Waals surface area contributed by atoms with E-state index in [2.05, 4.69) is 46.3 Å². The van der Waals surface area contributed by atoms with Gasteiger partial charge in [-0.25, -0.2) is 0 Å². The lowest BCUT2D eigenvalue weighted by Gasteiger charge is -2.41. The first-order valence-electron chi connectivity index (χ1n) is 9.36. The third kappa shape index (κ3) is 8.31. The summed E-state index contributed by atoms with van der Waals surface area (Å²) in [6.45, 7) is 11.8. The molecule has 2 N–H and O–H groups in total. The molecule has 0 spiro atoms. The van der Waals surface area contributed by atoms with Crippen LogP contribution in [0.1, 0.15) is 39.5 Å². The second-order valence-electron chi connectivity index (χ2n) is 7.36. The van der Waals surface area contributed by atoms with Gasteiger partial charge in [-0.3, -0.25) is 9.89 Å². The Hall–Kier alpha value is -0.850. The van der Waals surface area contributed by atoms with Crippen LogP contribution in [0.3, 0.4) is 0 Å². The fourth-order valence-corrected chi connectivity index (χ4v) is 3.09. The maximum atomic E-state index is 5.09. The van der Waals surface area contributed by atoms with Gasteiger partial charge in [0.15, 0.2) is 5.96 Å². The number of nitrogens with zero attached hydrogens (tertiary/aromatic N) is 3. The minimum Gasteiger partial charge on any atom is -0.385 e. The van der Waals surface area contributed by atoms with Gasteiger partial charge in [0.25, 0.3) is 0 Å². The normalized spacial score (nSPS) is 17.3. The van der Waals surface area contributed by atoms with E-state index in [9.17, 15) is 0 Å². The van der Waals surface area contributed by atoms with Crippen LogP contribution in [-0.4, -0.2) is 88.4 Å². The number of nitrogens with one attached hydrogen (secondary N) is 2. The number of aliphatic imine (C=N–C) groups is 1. The third-order valence-corrected chi connectivity index (χ3v) is 4.80. The van der Waals surface area contributed by atoms with E-state index >= 15 is 0 Å². The van der Waals surface area contributed by atoms with Crippen LogP contribution < -0.4 is 10.6 Å². The molecule has 1 fully saturated rings. The van der Waals surface area contributed by atoms with Crippen LogP contribution in [0.25, 0.3) is 0 Å². The summed E-state index contributed by atoms with van der Waals surface area (Å²) < 4.78 is 5.09. The van der Waals surface area contributed by atoms with Gasteiger partial charge in [-0.15, -0.1) is 0 Å². The van der Waals surface area contributed by atoms with Crippen molar-refractivity contribution in [2.24, 2.45) is 4.99 Å². The molecular formula is C18H39N5O. The molecule has 0 aliphatic carbocycles. The van der Waals surface area contributed by atoms with E-state index in [1.807, 2.05) is 7.05 Å². The molecule has 0 unspecified atom stereocenters. The van der Waals surface area contributed by atoms with Crippen molar-refractivity contribution in [1.82, 2.24) is 20.4 Å². The summed E-state index contributed by atoms with van der Waals surface area (Å²) in [6, 6.07) is 0. The minimum absolute atomic E-state index is 0.162. The van der Waals surface area contributed by atoms with Crippen molar-refractivity contribution in [1.29, 1.82) is 0 Å². The van der Waals surface area contributed by atoms with Crippen molar-refractivity contribution in [3.63, 3.8) is 0 Å². The monoisotopic (exact) mass is 341 g/mol. The van der Waals surface area contributed by atoms with E-state index in [-0.39, 0.29) is 5.54 Å². The van der Waals surface area contributed by atoms with E-state index in [1.165, 1.54) is 32.4 Å². The molecule has 0 amide bonds. The molecule has 0 radical (unpaired) electrons. The first-order chi connectivity index (χ1) is 11.5. The predicted octanol–water partition coefficient (Wildman–Crippen LogP) is 1.38. The Balaban J connectivity index is 2.24. The molecule has 6 heteroatoms. The second-order valence-corrected chi connectivity index (χ2v) is 7.36. The van der Waals surface area contributed by atoms with Gasteiger partial charge in [0.1, 0.15) is 0 Å². The van der Waals surface area contributed by atoms with Crippen molar-refractivity contribution in [3.05, 3.63) is 0 Å². The van der Waals surface area contributed by atoms with Crippen LogP contribution in [0, 0.1) is 0 Å². The van der Waals surface area contributed by atoms with Crippen molar-refractivity contribution >= 4 is 5.96 Å². The molecule has 1 heterocycles. The summed E-state index contributed by atoms with van der Waals surface area (Å²) in [6.07, 6.45) is 5.10. The van der Waals surface area contributed by atoms with Gasteiger partial charge in [-0.2, -0.15) is 0 Å².